The van der Waals surface area contributed by atoms with Gasteiger partial charge in [-0.3, -0.25) is 4.79 Å². The molecule has 4 nitrogen and oxygen atoms in total. The Morgan fingerprint density at radius 1 is 1.47 bits per heavy atom. The van der Waals surface area contributed by atoms with Crippen molar-refractivity contribution in [2.75, 3.05) is 32.6 Å². The molecular weight excluding hydrogens is 216 g/mol. The van der Waals surface area contributed by atoms with Gasteiger partial charge < -0.3 is 15.0 Å². The number of nitrogens with zero attached hydrogens (tertiary/aromatic N) is 1. The lowest BCUT2D eigenvalue weighted by atomic mass is 10.2. The molecule has 1 N–H and O–H groups in total. The van der Waals surface area contributed by atoms with E-state index in [1.54, 1.807) is 19.1 Å². The van der Waals surface area contributed by atoms with Crippen LogP contribution in [0.15, 0.2) is 18.2 Å². The highest BCUT2D eigenvalue weighted by Crippen LogP contribution is 2.24. The predicted octanol–water partition coefficient (Wildman–Crippen LogP) is 1.89. The molecule has 0 aromatic heterocycles. The molecule has 1 aromatic rings. The normalized spacial score (nSPS) is 9.88. The molecule has 4 heteroatoms. The zero-order valence-corrected chi connectivity index (χ0v) is 10.9. The van der Waals surface area contributed by atoms with Gasteiger partial charge in [0, 0.05) is 13.6 Å². The Morgan fingerprint density at radius 2 is 2.18 bits per heavy atom. The van der Waals surface area contributed by atoms with Crippen LogP contribution in [0, 0.1) is 6.92 Å². The molecule has 0 spiro atoms. The monoisotopic (exact) mass is 236 g/mol. The van der Waals surface area contributed by atoms with Crippen molar-refractivity contribution in [1.29, 1.82) is 0 Å². The first-order valence-corrected chi connectivity index (χ1v) is 5.71. The lowest BCUT2D eigenvalue weighted by Crippen LogP contribution is -2.31. The lowest BCUT2D eigenvalue weighted by molar-refractivity contribution is -0.127. The first kappa shape index (κ1) is 13.4. The molecular formula is C13H20N2O2. The molecule has 0 saturated carbocycles. The zero-order chi connectivity index (χ0) is 12.8. The molecule has 0 aliphatic heterocycles. The molecule has 0 fully saturated rings. The number of carbonyl (C=O) groups is 1. The van der Waals surface area contributed by atoms with Crippen LogP contribution in [0.5, 0.6) is 5.75 Å². The van der Waals surface area contributed by atoms with Gasteiger partial charge >= 0.3 is 0 Å². The summed E-state index contributed by atoms with van der Waals surface area (Å²) in [7, 11) is 3.41. The van der Waals surface area contributed by atoms with Crippen LogP contribution >= 0.6 is 0 Å². The number of carbonyl (C=O) groups excluding carboxylic acids is 1. The number of hydrogen-bond acceptors (Lipinski definition) is 3. The second-order valence-electron chi connectivity index (χ2n) is 3.97. The van der Waals surface area contributed by atoms with Crippen molar-refractivity contribution < 1.29 is 9.53 Å². The minimum Gasteiger partial charge on any atom is -0.495 e. The fourth-order valence-electron chi connectivity index (χ4n) is 1.44. The van der Waals surface area contributed by atoms with E-state index in [0.29, 0.717) is 6.54 Å². The van der Waals surface area contributed by atoms with Crippen LogP contribution in [-0.4, -0.2) is 38.1 Å². The van der Waals surface area contributed by atoms with Crippen LogP contribution in [0.4, 0.5) is 5.69 Å². The smallest absolute Gasteiger partial charge is 0.241 e. The van der Waals surface area contributed by atoms with E-state index < -0.39 is 0 Å². The fraction of sp³-hybridized carbons (Fsp3) is 0.462. The number of hydrogen-bond donors (Lipinski definition) is 1. The maximum absolute atomic E-state index is 11.7. The van der Waals surface area contributed by atoms with Crippen molar-refractivity contribution in [2.45, 2.75) is 13.8 Å². The van der Waals surface area contributed by atoms with Gasteiger partial charge in [0.05, 0.1) is 19.3 Å². The number of ether oxygens (including phenoxy) is 1. The minimum absolute atomic E-state index is 0.0658. The SMILES string of the molecule is CCN(C)C(=O)CNc1cc(C)ccc1OC. The van der Waals surface area contributed by atoms with Crippen LogP contribution in [-0.2, 0) is 4.79 Å². The maximum Gasteiger partial charge on any atom is 0.241 e. The molecule has 1 amide bonds. The molecule has 0 radical (unpaired) electrons. The van der Waals surface area contributed by atoms with Gasteiger partial charge in [0.25, 0.3) is 0 Å². The van der Waals surface area contributed by atoms with E-state index in [4.69, 9.17) is 4.74 Å². The quantitative estimate of drug-likeness (QED) is 0.849. The fourth-order valence-corrected chi connectivity index (χ4v) is 1.44. The van der Waals surface area contributed by atoms with Crippen molar-refractivity contribution >= 4 is 11.6 Å². The van der Waals surface area contributed by atoms with Crippen molar-refractivity contribution in [3.05, 3.63) is 23.8 Å². The van der Waals surface area contributed by atoms with Gasteiger partial charge in [-0.05, 0) is 31.5 Å². The summed E-state index contributed by atoms with van der Waals surface area (Å²) < 4.78 is 5.23. The highest BCUT2D eigenvalue weighted by atomic mass is 16.5. The minimum atomic E-state index is 0.0658. The largest absolute Gasteiger partial charge is 0.495 e. The van der Waals surface area contributed by atoms with Gasteiger partial charge in [-0.25, -0.2) is 0 Å². The molecule has 0 atom stereocenters. The number of rotatable bonds is 5. The summed E-state index contributed by atoms with van der Waals surface area (Å²) in [6.45, 7) is 4.95. The standard InChI is InChI=1S/C13H20N2O2/c1-5-15(3)13(16)9-14-11-8-10(2)6-7-12(11)17-4/h6-8,14H,5,9H2,1-4H3. The van der Waals surface area contributed by atoms with Crippen LogP contribution in [0.2, 0.25) is 0 Å². The number of nitrogens with one attached hydrogen (secondary N) is 1. The van der Waals surface area contributed by atoms with E-state index in [0.717, 1.165) is 17.0 Å². The van der Waals surface area contributed by atoms with Gasteiger partial charge in [-0.2, -0.15) is 0 Å². The molecule has 0 heterocycles. The van der Waals surface area contributed by atoms with Gasteiger partial charge in [-0.1, -0.05) is 6.07 Å². The first-order chi connectivity index (χ1) is 8.08. The molecule has 94 valence electrons. The molecule has 0 aliphatic rings. The van der Waals surface area contributed by atoms with E-state index in [1.807, 2.05) is 32.0 Å². The number of amides is 1. The Hall–Kier alpha value is -1.71. The second-order valence-corrected chi connectivity index (χ2v) is 3.97. The maximum atomic E-state index is 11.7. The molecule has 1 rings (SSSR count). The average molecular weight is 236 g/mol. The Morgan fingerprint density at radius 3 is 2.76 bits per heavy atom. The average Bonchev–Trinajstić information content (AvgIpc) is 2.35. The summed E-state index contributed by atoms with van der Waals surface area (Å²) in [5, 5.41) is 3.10. The second kappa shape index (κ2) is 6.13. The van der Waals surface area contributed by atoms with Crippen molar-refractivity contribution in [2.24, 2.45) is 0 Å². The van der Waals surface area contributed by atoms with Gasteiger partial charge in [-0.15, -0.1) is 0 Å². The third-order valence-corrected chi connectivity index (χ3v) is 2.69. The van der Waals surface area contributed by atoms with Gasteiger partial charge in [0.1, 0.15) is 5.75 Å². The van der Waals surface area contributed by atoms with Crippen molar-refractivity contribution in [3.63, 3.8) is 0 Å². The Labute approximate surface area is 103 Å². The van der Waals surface area contributed by atoms with Gasteiger partial charge in [0.2, 0.25) is 5.91 Å². The van der Waals surface area contributed by atoms with Crippen LogP contribution in [0.1, 0.15) is 12.5 Å². The highest BCUT2D eigenvalue weighted by molar-refractivity contribution is 5.81. The van der Waals surface area contributed by atoms with E-state index in [9.17, 15) is 4.79 Å². The Kier molecular flexibility index (Phi) is 4.82. The predicted molar refractivity (Wildman–Crippen MR) is 69.5 cm³/mol. The van der Waals surface area contributed by atoms with E-state index >= 15 is 0 Å². The molecule has 17 heavy (non-hydrogen) atoms. The first-order valence-electron chi connectivity index (χ1n) is 5.71. The Bertz CT molecular complexity index is 391. The van der Waals surface area contributed by atoms with Crippen LogP contribution in [0.3, 0.4) is 0 Å². The number of benzene rings is 1. The third-order valence-electron chi connectivity index (χ3n) is 2.69. The zero-order valence-electron chi connectivity index (χ0n) is 10.9. The number of likely N-dealkylation sites (N-methyl/N-ethyl adjacent to an activating group) is 1. The summed E-state index contributed by atoms with van der Waals surface area (Å²) in [5.41, 5.74) is 1.98. The number of aryl methyl sites for hydroxylation is 1. The Balaban J connectivity index is 2.68. The summed E-state index contributed by atoms with van der Waals surface area (Å²) in [5.74, 6) is 0.818. The summed E-state index contributed by atoms with van der Waals surface area (Å²) in [6, 6.07) is 5.84. The molecule has 0 bridgehead atoms. The summed E-state index contributed by atoms with van der Waals surface area (Å²) >= 11 is 0. The van der Waals surface area contributed by atoms with Crippen LogP contribution in [0.25, 0.3) is 0 Å². The van der Waals surface area contributed by atoms with Crippen molar-refractivity contribution in [3.8, 4) is 5.75 Å². The van der Waals surface area contributed by atoms with E-state index in [-0.39, 0.29) is 12.5 Å². The third kappa shape index (κ3) is 3.66. The molecule has 1 aromatic carbocycles. The van der Waals surface area contributed by atoms with Crippen molar-refractivity contribution in [1.82, 2.24) is 4.90 Å². The summed E-state index contributed by atoms with van der Waals surface area (Å²) in [4.78, 5) is 13.3. The van der Waals surface area contributed by atoms with Crippen LogP contribution < -0.4 is 10.1 Å². The van der Waals surface area contributed by atoms with E-state index in [2.05, 4.69) is 5.32 Å². The lowest BCUT2D eigenvalue weighted by Gasteiger charge is -2.16. The summed E-state index contributed by atoms with van der Waals surface area (Å²) in [6.07, 6.45) is 0. The van der Waals surface area contributed by atoms with E-state index in [1.165, 1.54) is 0 Å². The molecule has 0 saturated heterocycles. The van der Waals surface area contributed by atoms with Gasteiger partial charge in [0.15, 0.2) is 0 Å². The molecule has 0 aliphatic carbocycles. The molecule has 0 unspecified atom stereocenters. The highest BCUT2D eigenvalue weighted by Gasteiger charge is 2.08. The number of anilines is 1. The topological polar surface area (TPSA) is 41.6 Å². The number of methoxy groups -OCH3 is 1.